The van der Waals surface area contributed by atoms with Crippen molar-refractivity contribution in [1.82, 2.24) is 0 Å². The van der Waals surface area contributed by atoms with Crippen molar-refractivity contribution in [1.29, 1.82) is 0 Å². The van der Waals surface area contributed by atoms with Gasteiger partial charge in [-0.1, -0.05) is 19.8 Å². The molecule has 0 aliphatic rings. The van der Waals surface area contributed by atoms with E-state index in [0.717, 1.165) is 12.2 Å². The maximum absolute atomic E-state index is 5.36. The quantitative estimate of drug-likeness (QED) is 0.630. The van der Waals surface area contributed by atoms with Crippen LogP contribution in [0.4, 0.5) is 0 Å². The van der Waals surface area contributed by atoms with Gasteiger partial charge in [-0.15, -0.1) is 0 Å². The zero-order valence-electron chi connectivity index (χ0n) is 7.80. The average molecular weight is 168 g/mol. The lowest BCUT2D eigenvalue weighted by atomic mass is 10.2. The molecule has 68 valence electrons. The Hall–Kier alpha value is -0.920. The summed E-state index contributed by atoms with van der Waals surface area (Å²) in [6, 6.07) is 3.84. The second kappa shape index (κ2) is 4.86. The summed E-state index contributed by atoms with van der Waals surface area (Å²) in [5.41, 5.74) is 0. The number of rotatable bonds is 5. The van der Waals surface area contributed by atoms with Gasteiger partial charge >= 0.3 is 0 Å². The predicted octanol–water partition coefficient (Wildman–Crippen LogP) is 3.02. The molecule has 1 heterocycles. The highest BCUT2D eigenvalue weighted by Gasteiger charge is 2.00. The van der Waals surface area contributed by atoms with Gasteiger partial charge < -0.3 is 9.15 Å². The molecule has 0 unspecified atom stereocenters. The van der Waals surface area contributed by atoms with E-state index in [1.54, 1.807) is 7.11 Å². The zero-order chi connectivity index (χ0) is 8.81. The molecule has 1 aromatic heterocycles. The third-order valence-electron chi connectivity index (χ3n) is 1.86. The van der Waals surface area contributed by atoms with Crippen LogP contribution in [-0.2, 0) is 6.42 Å². The fraction of sp³-hybridized carbons (Fsp3) is 0.600. The molecule has 2 heteroatoms. The van der Waals surface area contributed by atoms with Crippen LogP contribution >= 0.6 is 0 Å². The van der Waals surface area contributed by atoms with Crippen molar-refractivity contribution < 1.29 is 9.15 Å². The fourth-order valence-electron chi connectivity index (χ4n) is 1.15. The second-order valence-corrected chi connectivity index (χ2v) is 2.88. The summed E-state index contributed by atoms with van der Waals surface area (Å²) >= 11 is 0. The molecule has 0 saturated carbocycles. The van der Waals surface area contributed by atoms with Gasteiger partial charge in [-0.25, -0.2) is 0 Å². The first kappa shape index (κ1) is 9.17. The lowest BCUT2D eigenvalue weighted by Crippen LogP contribution is -1.81. The van der Waals surface area contributed by atoms with Crippen LogP contribution in [0.2, 0.25) is 0 Å². The Kier molecular flexibility index (Phi) is 3.71. The van der Waals surface area contributed by atoms with Gasteiger partial charge in [0.05, 0.1) is 7.11 Å². The molecule has 0 amide bonds. The highest BCUT2D eigenvalue weighted by Crippen LogP contribution is 2.16. The molecule has 2 nitrogen and oxygen atoms in total. The first-order chi connectivity index (χ1) is 5.86. The van der Waals surface area contributed by atoms with Crippen LogP contribution in [0.1, 0.15) is 31.9 Å². The molecular weight excluding hydrogens is 152 g/mol. The van der Waals surface area contributed by atoms with Crippen LogP contribution in [0, 0.1) is 0 Å². The van der Waals surface area contributed by atoms with E-state index in [9.17, 15) is 0 Å². The highest BCUT2D eigenvalue weighted by atomic mass is 16.6. The number of hydrogen-bond donors (Lipinski definition) is 0. The van der Waals surface area contributed by atoms with Crippen molar-refractivity contribution in [2.45, 2.75) is 32.6 Å². The van der Waals surface area contributed by atoms with Gasteiger partial charge in [0.1, 0.15) is 5.76 Å². The number of hydrogen-bond acceptors (Lipinski definition) is 2. The first-order valence-electron chi connectivity index (χ1n) is 4.49. The number of aryl methyl sites for hydroxylation is 1. The van der Waals surface area contributed by atoms with Crippen molar-refractivity contribution in [3.63, 3.8) is 0 Å². The van der Waals surface area contributed by atoms with Crippen molar-refractivity contribution in [2.75, 3.05) is 7.11 Å². The van der Waals surface area contributed by atoms with Crippen molar-refractivity contribution in [2.24, 2.45) is 0 Å². The molecule has 1 rings (SSSR count). The Morgan fingerprint density at radius 1 is 1.33 bits per heavy atom. The van der Waals surface area contributed by atoms with E-state index < -0.39 is 0 Å². The van der Waals surface area contributed by atoms with E-state index >= 15 is 0 Å². The van der Waals surface area contributed by atoms with Gasteiger partial charge in [-0.05, 0) is 12.5 Å². The molecule has 0 aliphatic carbocycles. The molecular formula is C10H16O2. The Labute approximate surface area is 73.5 Å². The minimum Gasteiger partial charge on any atom is -0.468 e. The SMILES string of the molecule is CCCCCc1ccc(OC)o1. The summed E-state index contributed by atoms with van der Waals surface area (Å²) in [4.78, 5) is 0. The molecule has 0 saturated heterocycles. The predicted molar refractivity (Wildman–Crippen MR) is 48.5 cm³/mol. The molecule has 1 aromatic rings. The Morgan fingerprint density at radius 3 is 2.75 bits per heavy atom. The number of ether oxygens (including phenoxy) is 1. The molecule has 0 aliphatic heterocycles. The number of furan rings is 1. The van der Waals surface area contributed by atoms with Gasteiger partial charge in [0.2, 0.25) is 0 Å². The summed E-state index contributed by atoms with van der Waals surface area (Å²) in [6.07, 6.45) is 4.74. The highest BCUT2D eigenvalue weighted by molar-refractivity contribution is 5.11. The fourth-order valence-corrected chi connectivity index (χ4v) is 1.15. The monoisotopic (exact) mass is 168 g/mol. The molecule has 0 N–H and O–H groups in total. The van der Waals surface area contributed by atoms with E-state index in [1.165, 1.54) is 19.3 Å². The maximum Gasteiger partial charge on any atom is 0.284 e. The summed E-state index contributed by atoms with van der Waals surface area (Å²) in [5, 5.41) is 0. The smallest absolute Gasteiger partial charge is 0.284 e. The van der Waals surface area contributed by atoms with E-state index in [2.05, 4.69) is 6.92 Å². The van der Waals surface area contributed by atoms with E-state index in [0.29, 0.717) is 5.95 Å². The standard InChI is InChI=1S/C10H16O2/c1-3-4-5-6-9-7-8-10(11-2)12-9/h7-8H,3-6H2,1-2H3. The first-order valence-corrected chi connectivity index (χ1v) is 4.49. The lowest BCUT2D eigenvalue weighted by Gasteiger charge is -1.95. The lowest BCUT2D eigenvalue weighted by molar-refractivity contribution is 0.293. The van der Waals surface area contributed by atoms with Crippen LogP contribution in [0.25, 0.3) is 0 Å². The molecule has 12 heavy (non-hydrogen) atoms. The molecule has 0 spiro atoms. The van der Waals surface area contributed by atoms with Crippen molar-refractivity contribution in [3.05, 3.63) is 17.9 Å². The molecule has 0 aromatic carbocycles. The largest absolute Gasteiger partial charge is 0.468 e. The van der Waals surface area contributed by atoms with Gasteiger partial charge in [0, 0.05) is 12.5 Å². The van der Waals surface area contributed by atoms with Gasteiger partial charge in [0.15, 0.2) is 0 Å². The van der Waals surface area contributed by atoms with Gasteiger partial charge in [0.25, 0.3) is 5.95 Å². The van der Waals surface area contributed by atoms with E-state index in [4.69, 9.17) is 9.15 Å². The van der Waals surface area contributed by atoms with Crippen LogP contribution < -0.4 is 4.74 Å². The van der Waals surface area contributed by atoms with Crippen LogP contribution in [0.3, 0.4) is 0 Å². The molecule has 0 fully saturated rings. The van der Waals surface area contributed by atoms with E-state index in [-0.39, 0.29) is 0 Å². The normalized spacial score (nSPS) is 10.2. The summed E-state index contributed by atoms with van der Waals surface area (Å²) in [5.74, 6) is 1.64. The topological polar surface area (TPSA) is 22.4 Å². The molecule has 0 radical (unpaired) electrons. The van der Waals surface area contributed by atoms with Gasteiger partial charge in [-0.3, -0.25) is 0 Å². The Bertz CT molecular complexity index is 215. The minimum atomic E-state index is 0.612. The Morgan fingerprint density at radius 2 is 2.17 bits per heavy atom. The summed E-state index contributed by atoms with van der Waals surface area (Å²) in [7, 11) is 1.62. The third kappa shape index (κ3) is 2.61. The van der Waals surface area contributed by atoms with Crippen molar-refractivity contribution in [3.8, 4) is 5.95 Å². The minimum absolute atomic E-state index is 0.612. The second-order valence-electron chi connectivity index (χ2n) is 2.88. The van der Waals surface area contributed by atoms with E-state index in [1.807, 2.05) is 12.1 Å². The van der Waals surface area contributed by atoms with Crippen LogP contribution in [0.15, 0.2) is 16.5 Å². The Balaban J connectivity index is 2.31. The number of unbranched alkanes of at least 4 members (excludes halogenated alkanes) is 2. The van der Waals surface area contributed by atoms with Crippen LogP contribution in [0.5, 0.6) is 5.95 Å². The average Bonchev–Trinajstić information content (AvgIpc) is 2.53. The maximum atomic E-state index is 5.36. The number of methoxy groups -OCH3 is 1. The summed E-state index contributed by atoms with van der Waals surface area (Å²) in [6.45, 7) is 2.20. The molecule has 0 bridgehead atoms. The summed E-state index contributed by atoms with van der Waals surface area (Å²) < 4.78 is 10.3. The van der Waals surface area contributed by atoms with Crippen LogP contribution in [-0.4, -0.2) is 7.11 Å². The molecule has 0 atom stereocenters. The van der Waals surface area contributed by atoms with Crippen molar-refractivity contribution >= 4 is 0 Å². The van der Waals surface area contributed by atoms with Gasteiger partial charge in [-0.2, -0.15) is 0 Å². The third-order valence-corrected chi connectivity index (χ3v) is 1.86. The zero-order valence-corrected chi connectivity index (χ0v) is 7.80.